The summed E-state index contributed by atoms with van der Waals surface area (Å²) in [7, 11) is 1.90. The molecule has 5 heteroatoms. The Morgan fingerprint density at radius 3 is 2.58 bits per heavy atom. The number of aromatic nitrogens is 2. The molecule has 0 fully saturated rings. The van der Waals surface area contributed by atoms with E-state index in [-0.39, 0.29) is 12.0 Å². The number of hydrogen-bond donors (Lipinski definition) is 1. The van der Waals surface area contributed by atoms with Crippen LogP contribution in [-0.4, -0.2) is 38.8 Å². The van der Waals surface area contributed by atoms with Crippen LogP contribution in [0.15, 0.2) is 6.20 Å². The van der Waals surface area contributed by atoms with Gasteiger partial charge in [0.05, 0.1) is 12.2 Å². The minimum Gasteiger partial charge on any atom is -0.480 e. The number of carbonyl (C=O) groups is 1. The van der Waals surface area contributed by atoms with E-state index in [1.54, 1.807) is 4.68 Å². The molecule has 1 heterocycles. The molecule has 1 N–H and O–H groups in total. The average molecular weight is 267 g/mol. The zero-order valence-corrected chi connectivity index (χ0v) is 12.6. The second-order valence-corrected chi connectivity index (χ2v) is 6.03. The summed E-state index contributed by atoms with van der Waals surface area (Å²) in [5.74, 6) is -0.783. The van der Waals surface area contributed by atoms with Gasteiger partial charge in [-0.3, -0.25) is 14.4 Å². The van der Waals surface area contributed by atoms with Crippen LogP contribution >= 0.6 is 0 Å². The van der Waals surface area contributed by atoms with E-state index in [1.165, 1.54) is 0 Å². The number of carboxylic acid groups (broad SMARTS) is 1. The predicted octanol–water partition coefficient (Wildman–Crippen LogP) is 2.01. The van der Waals surface area contributed by atoms with Crippen molar-refractivity contribution in [3.8, 4) is 0 Å². The molecule has 108 valence electrons. The van der Waals surface area contributed by atoms with E-state index >= 15 is 0 Å². The molecular weight excluding hydrogens is 242 g/mol. The lowest BCUT2D eigenvalue weighted by atomic mass is 9.89. The van der Waals surface area contributed by atoms with Gasteiger partial charge in [0.2, 0.25) is 0 Å². The predicted molar refractivity (Wildman–Crippen MR) is 75.1 cm³/mol. The van der Waals surface area contributed by atoms with E-state index in [9.17, 15) is 4.79 Å². The van der Waals surface area contributed by atoms with Crippen LogP contribution < -0.4 is 0 Å². The van der Waals surface area contributed by atoms with Crippen LogP contribution in [0, 0.1) is 0 Å². The Morgan fingerprint density at radius 2 is 2.11 bits per heavy atom. The highest BCUT2D eigenvalue weighted by molar-refractivity contribution is 5.69. The van der Waals surface area contributed by atoms with Gasteiger partial charge in [0.15, 0.2) is 0 Å². The second-order valence-electron chi connectivity index (χ2n) is 6.03. The topological polar surface area (TPSA) is 58.4 Å². The number of carboxylic acids is 1. The van der Waals surface area contributed by atoms with E-state index in [1.807, 2.05) is 18.1 Å². The minimum absolute atomic E-state index is 0.0301. The highest BCUT2D eigenvalue weighted by atomic mass is 16.4. The van der Waals surface area contributed by atoms with Gasteiger partial charge in [-0.25, -0.2) is 0 Å². The quantitative estimate of drug-likeness (QED) is 0.856. The molecule has 0 amide bonds. The molecule has 0 saturated carbocycles. The Hall–Kier alpha value is -1.36. The summed E-state index contributed by atoms with van der Waals surface area (Å²) in [4.78, 5) is 12.9. The number of hydrogen-bond acceptors (Lipinski definition) is 3. The van der Waals surface area contributed by atoms with Crippen LogP contribution in [-0.2, 0) is 23.8 Å². The SMILES string of the molecule is CCCN(CC(=O)O)Cc1cn(C)nc1C(C)(C)C. The Balaban J connectivity index is 2.92. The molecule has 0 saturated heterocycles. The van der Waals surface area contributed by atoms with Gasteiger partial charge in [-0.1, -0.05) is 27.7 Å². The van der Waals surface area contributed by atoms with Crippen molar-refractivity contribution in [3.63, 3.8) is 0 Å². The molecule has 0 aliphatic carbocycles. The van der Waals surface area contributed by atoms with Crippen LogP contribution in [0.4, 0.5) is 0 Å². The number of nitrogens with zero attached hydrogens (tertiary/aromatic N) is 3. The van der Waals surface area contributed by atoms with Gasteiger partial charge in [-0.05, 0) is 13.0 Å². The third-order valence-electron chi connectivity index (χ3n) is 2.91. The Morgan fingerprint density at radius 1 is 1.47 bits per heavy atom. The molecule has 19 heavy (non-hydrogen) atoms. The number of aryl methyl sites for hydroxylation is 1. The van der Waals surface area contributed by atoms with E-state index in [0.29, 0.717) is 6.54 Å². The van der Waals surface area contributed by atoms with Gasteiger partial charge in [0.25, 0.3) is 0 Å². The lowest BCUT2D eigenvalue weighted by Crippen LogP contribution is -2.31. The zero-order chi connectivity index (χ0) is 14.6. The maximum absolute atomic E-state index is 10.9. The smallest absolute Gasteiger partial charge is 0.317 e. The van der Waals surface area contributed by atoms with Crippen LogP contribution in [0.2, 0.25) is 0 Å². The first-order valence-electron chi connectivity index (χ1n) is 6.71. The van der Waals surface area contributed by atoms with Crippen molar-refractivity contribution in [1.82, 2.24) is 14.7 Å². The van der Waals surface area contributed by atoms with Crippen molar-refractivity contribution in [2.45, 2.75) is 46.1 Å². The summed E-state index contributed by atoms with van der Waals surface area (Å²) in [6.07, 6.45) is 2.93. The molecule has 0 bridgehead atoms. The van der Waals surface area contributed by atoms with E-state index in [0.717, 1.165) is 24.2 Å². The lowest BCUT2D eigenvalue weighted by molar-refractivity contribution is -0.138. The molecule has 0 aliphatic rings. The first-order valence-corrected chi connectivity index (χ1v) is 6.71. The average Bonchev–Trinajstić information content (AvgIpc) is 2.58. The van der Waals surface area contributed by atoms with Crippen LogP contribution in [0.5, 0.6) is 0 Å². The van der Waals surface area contributed by atoms with Crippen LogP contribution in [0.1, 0.15) is 45.4 Å². The highest BCUT2D eigenvalue weighted by Crippen LogP contribution is 2.25. The number of rotatable bonds is 6. The molecule has 5 nitrogen and oxygen atoms in total. The fourth-order valence-corrected chi connectivity index (χ4v) is 2.25. The second kappa shape index (κ2) is 6.19. The highest BCUT2D eigenvalue weighted by Gasteiger charge is 2.23. The van der Waals surface area contributed by atoms with Gasteiger partial charge in [0, 0.05) is 30.8 Å². The summed E-state index contributed by atoms with van der Waals surface area (Å²) in [5.41, 5.74) is 2.13. The van der Waals surface area contributed by atoms with Crippen molar-refractivity contribution in [3.05, 3.63) is 17.5 Å². The van der Waals surface area contributed by atoms with Crippen molar-refractivity contribution in [1.29, 1.82) is 0 Å². The molecule has 0 aliphatic heterocycles. The summed E-state index contributed by atoms with van der Waals surface area (Å²) in [6.45, 7) is 9.93. The molecule has 0 aromatic carbocycles. The fraction of sp³-hybridized carbons (Fsp3) is 0.714. The summed E-state index contributed by atoms with van der Waals surface area (Å²) in [6, 6.07) is 0. The third-order valence-corrected chi connectivity index (χ3v) is 2.91. The fourth-order valence-electron chi connectivity index (χ4n) is 2.25. The Kier molecular flexibility index (Phi) is 5.11. The van der Waals surface area contributed by atoms with Gasteiger partial charge in [-0.15, -0.1) is 0 Å². The standard InChI is InChI=1S/C14H25N3O2/c1-6-7-17(10-12(18)19)9-11-8-16(5)15-13(11)14(2,3)4/h8H,6-7,9-10H2,1-5H3,(H,18,19). The van der Waals surface area contributed by atoms with Crippen molar-refractivity contribution in [2.24, 2.45) is 7.05 Å². The van der Waals surface area contributed by atoms with Gasteiger partial charge < -0.3 is 5.11 Å². The summed E-state index contributed by atoms with van der Waals surface area (Å²) in [5, 5.41) is 13.5. The Labute approximate surface area is 115 Å². The molecule has 1 aromatic rings. The molecule has 1 aromatic heterocycles. The molecule has 0 radical (unpaired) electrons. The number of aliphatic carboxylic acids is 1. The summed E-state index contributed by atoms with van der Waals surface area (Å²) < 4.78 is 1.81. The first-order chi connectivity index (χ1) is 8.74. The van der Waals surface area contributed by atoms with E-state index < -0.39 is 5.97 Å². The van der Waals surface area contributed by atoms with Crippen molar-refractivity contribution in [2.75, 3.05) is 13.1 Å². The van der Waals surface area contributed by atoms with Crippen molar-refractivity contribution >= 4 is 5.97 Å². The summed E-state index contributed by atoms with van der Waals surface area (Å²) >= 11 is 0. The molecule has 0 atom stereocenters. The van der Waals surface area contributed by atoms with Gasteiger partial charge in [0.1, 0.15) is 0 Å². The molecule has 1 rings (SSSR count). The molecule has 0 unspecified atom stereocenters. The van der Waals surface area contributed by atoms with E-state index in [4.69, 9.17) is 5.11 Å². The minimum atomic E-state index is -0.783. The zero-order valence-electron chi connectivity index (χ0n) is 12.6. The third kappa shape index (κ3) is 4.67. The monoisotopic (exact) mass is 267 g/mol. The van der Waals surface area contributed by atoms with Crippen LogP contribution in [0.3, 0.4) is 0 Å². The lowest BCUT2D eigenvalue weighted by Gasteiger charge is -2.22. The van der Waals surface area contributed by atoms with E-state index in [2.05, 4.69) is 32.8 Å². The molecular formula is C14H25N3O2. The van der Waals surface area contributed by atoms with Gasteiger partial charge in [-0.2, -0.15) is 5.10 Å². The molecule has 0 spiro atoms. The van der Waals surface area contributed by atoms with Crippen LogP contribution in [0.25, 0.3) is 0 Å². The first kappa shape index (κ1) is 15.7. The van der Waals surface area contributed by atoms with Crippen molar-refractivity contribution < 1.29 is 9.90 Å². The maximum Gasteiger partial charge on any atom is 0.317 e. The maximum atomic E-state index is 10.9. The Bertz CT molecular complexity index is 432. The van der Waals surface area contributed by atoms with Gasteiger partial charge >= 0.3 is 5.97 Å². The largest absolute Gasteiger partial charge is 0.480 e. The normalized spacial score (nSPS) is 12.1.